The van der Waals surface area contributed by atoms with Gasteiger partial charge in [0.1, 0.15) is 0 Å². The van der Waals surface area contributed by atoms with Crippen molar-refractivity contribution in [3.63, 3.8) is 0 Å². The van der Waals surface area contributed by atoms with Crippen LogP contribution in [0.15, 0.2) is 36.4 Å². The molecule has 0 aliphatic heterocycles. The number of hydrogen-bond acceptors (Lipinski definition) is 7. The summed E-state index contributed by atoms with van der Waals surface area (Å²) in [4.78, 5) is 32.8. The van der Waals surface area contributed by atoms with Crippen molar-refractivity contribution in [1.29, 1.82) is 0 Å². The van der Waals surface area contributed by atoms with E-state index in [0.717, 1.165) is 17.7 Å². The van der Waals surface area contributed by atoms with E-state index in [9.17, 15) is 25.0 Å². The van der Waals surface area contributed by atoms with Gasteiger partial charge in [0.2, 0.25) is 0 Å². The third-order valence-corrected chi connectivity index (χ3v) is 3.54. The van der Waals surface area contributed by atoms with E-state index in [0.29, 0.717) is 12.1 Å². The number of carbonyl (C=O) groups excluding carboxylic acids is 1. The molecular weight excluding hydrogens is 330 g/mol. The minimum Gasteiger partial charge on any atom is -0.344 e. The van der Waals surface area contributed by atoms with Crippen LogP contribution < -0.4 is 16.6 Å². The lowest BCUT2D eigenvalue weighted by Crippen LogP contribution is -2.30. The van der Waals surface area contributed by atoms with E-state index >= 15 is 0 Å². The minimum absolute atomic E-state index is 0.282. The van der Waals surface area contributed by atoms with Gasteiger partial charge in [-0.2, -0.15) is 0 Å². The summed E-state index contributed by atoms with van der Waals surface area (Å²) in [7, 11) is 0. The molecule has 0 saturated carbocycles. The number of carbonyl (C=O) groups is 1. The van der Waals surface area contributed by atoms with Crippen LogP contribution in [0.25, 0.3) is 0 Å². The highest BCUT2D eigenvalue weighted by Crippen LogP contribution is 2.38. The van der Waals surface area contributed by atoms with Crippen LogP contribution in [0, 0.1) is 20.2 Å². The number of para-hydroxylation sites is 1. The summed E-state index contributed by atoms with van der Waals surface area (Å²) in [5.41, 5.74) is 1.35. The number of aryl methyl sites for hydroxylation is 1. The fourth-order valence-electron chi connectivity index (χ4n) is 2.33. The molecule has 0 heterocycles. The van der Waals surface area contributed by atoms with Crippen LogP contribution in [0.4, 0.5) is 22.7 Å². The number of rotatable bonds is 6. The van der Waals surface area contributed by atoms with Crippen LogP contribution in [0.1, 0.15) is 22.8 Å². The second kappa shape index (κ2) is 7.36. The first-order valence-corrected chi connectivity index (χ1v) is 7.21. The summed E-state index contributed by atoms with van der Waals surface area (Å²) < 4.78 is 0. The molecule has 2 aromatic carbocycles. The highest BCUT2D eigenvalue weighted by molar-refractivity contribution is 5.97. The Kier molecular flexibility index (Phi) is 5.25. The number of hydrazine groups is 1. The van der Waals surface area contributed by atoms with Crippen molar-refractivity contribution in [2.45, 2.75) is 13.3 Å². The molecule has 0 fully saturated rings. The maximum Gasteiger partial charge on any atom is 0.300 e. The number of nitrogens with two attached hydrogens (primary N) is 1. The Balaban J connectivity index is 2.68. The van der Waals surface area contributed by atoms with Crippen molar-refractivity contribution in [3.8, 4) is 0 Å². The molecule has 10 heteroatoms. The molecule has 2 aromatic rings. The van der Waals surface area contributed by atoms with Crippen molar-refractivity contribution >= 4 is 28.7 Å². The van der Waals surface area contributed by atoms with E-state index in [1.165, 1.54) is 0 Å². The third-order valence-electron chi connectivity index (χ3n) is 3.54. The zero-order chi connectivity index (χ0) is 18.6. The lowest BCUT2D eigenvalue weighted by molar-refractivity contribution is -0.392. The summed E-state index contributed by atoms with van der Waals surface area (Å²) in [6.45, 7) is 1.89. The zero-order valence-electron chi connectivity index (χ0n) is 13.2. The average Bonchev–Trinajstić information content (AvgIpc) is 2.61. The fourth-order valence-corrected chi connectivity index (χ4v) is 2.33. The van der Waals surface area contributed by atoms with Gasteiger partial charge in [0.15, 0.2) is 5.69 Å². The quantitative estimate of drug-likeness (QED) is 0.314. The number of hydrogen-bond donors (Lipinski definition) is 3. The van der Waals surface area contributed by atoms with Crippen molar-refractivity contribution in [2.75, 3.05) is 5.32 Å². The monoisotopic (exact) mass is 345 g/mol. The predicted octanol–water partition coefficient (Wildman–Crippen LogP) is 2.41. The van der Waals surface area contributed by atoms with Crippen molar-refractivity contribution < 1.29 is 14.6 Å². The first-order chi connectivity index (χ1) is 11.9. The molecule has 10 nitrogen and oxygen atoms in total. The summed E-state index contributed by atoms with van der Waals surface area (Å²) in [6.07, 6.45) is 0.623. The number of benzene rings is 2. The first-order valence-electron chi connectivity index (χ1n) is 7.21. The molecular formula is C15H15N5O5. The van der Waals surface area contributed by atoms with Crippen molar-refractivity contribution in [3.05, 3.63) is 67.8 Å². The molecule has 0 bridgehead atoms. The van der Waals surface area contributed by atoms with Gasteiger partial charge in [0.05, 0.1) is 15.4 Å². The molecule has 0 saturated heterocycles. The van der Waals surface area contributed by atoms with Gasteiger partial charge >= 0.3 is 11.4 Å². The Bertz CT molecular complexity index is 817. The zero-order valence-corrected chi connectivity index (χ0v) is 13.2. The summed E-state index contributed by atoms with van der Waals surface area (Å²) in [6, 6.07) is 8.83. The van der Waals surface area contributed by atoms with Gasteiger partial charge in [-0.15, -0.1) is 0 Å². The third kappa shape index (κ3) is 3.70. The Labute approximate surface area is 141 Å². The van der Waals surface area contributed by atoms with Gasteiger partial charge in [0, 0.05) is 17.8 Å². The van der Waals surface area contributed by atoms with Crippen LogP contribution in [0.5, 0.6) is 0 Å². The molecule has 25 heavy (non-hydrogen) atoms. The molecule has 0 aliphatic carbocycles. The molecule has 0 atom stereocenters. The second-order valence-electron chi connectivity index (χ2n) is 5.01. The number of nitrogens with zero attached hydrogens (tertiary/aromatic N) is 2. The second-order valence-corrected chi connectivity index (χ2v) is 5.01. The number of amides is 1. The Morgan fingerprint density at radius 1 is 1.12 bits per heavy atom. The van der Waals surface area contributed by atoms with E-state index < -0.39 is 27.1 Å². The summed E-state index contributed by atoms with van der Waals surface area (Å²) in [5, 5.41) is 25.5. The Hall–Kier alpha value is -3.53. The number of nitrogens with one attached hydrogen (secondary N) is 2. The largest absolute Gasteiger partial charge is 0.344 e. The van der Waals surface area contributed by atoms with Crippen LogP contribution in [0.3, 0.4) is 0 Å². The highest BCUT2D eigenvalue weighted by Gasteiger charge is 2.29. The van der Waals surface area contributed by atoms with E-state index in [-0.39, 0.29) is 11.3 Å². The van der Waals surface area contributed by atoms with Crippen LogP contribution in [-0.4, -0.2) is 15.8 Å². The van der Waals surface area contributed by atoms with Crippen molar-refractivity contribution in [2.24, 2.45) is 5.84 Å². The van der Waals surface area contributed by atoms with E-state index in [4.69, 9.17) is 5.84 Å². The number of nitro groups is 2. The molecule has 2 rings (SSSR count). The number of anilines is 2. The SMILES string of the molecule is CCc1ccccc1Nc1c([N+](=O)[O-])cc(C(=O)NN)cc1[N+](=O)[O-]. The van der Waals surface area contributed by atoms with E-state index in [2.05, 4.69) is 5.32 Å². The maximum atomic E-state index is 11.6. The summed E-state index contributed by atoms with van der Waals surface area (Å²) >= 11 is 0. The van der Waals surface area contributed by atoms with E-state index in [1.807, 2.05) is 6.92 Å². The molecule has 4 N–H and O–H groups in total. The van der Waals surface area contributed by atoms with Gasteiger partial charge in [-0.05, 0) is 18.1 Å². The van der Waals surface area contributed by atoms with Crippen LogP contribution in [-0.2, 0) is 6.42 Å². The molecule has 130 valence electrons. The van der Waals surface area contributed by atoms with Crippen molar-refractivity contribution in [1.82, 2.24) is 5.43 Å². The lowest BCUT2D eigenvalue weighted by atomic mass is 10.1. The highest BCUT2D eigenvalue weighted by atomic mass is 16.6. The minimum atomic E-state index is -0.869. The van der Waals surface area contributed by atoms with Crippen LogP contribution >= 0.6 is 0 Å². The fraction of sp³-hybridized carbons (Fsp3) is 0.133. The molecule has 0 aliphatic rings. The van der Waals surface area contributed by atoms with Gasteiger partial charge in [-0.3, -0.25) is 30.4 Å². The molecule has 0 spiro atoms. The summed E-state index contributed by atoms with van der Waals surface area (Å²) in [5.74, 6) is 4.13. The Morgan fingerprint density at radius 2 is 1.68 bits per heavy atom. The normalized spacial score (nSPS) is 10.2. The Morgan fingerprint density at radius 3 is 2.16 bits per heavy atom. The molecule has 1 amide bonds. The number of nitro benzene ring substituents is 2. The smallest absolute Gasteiger partial charge is 0.300 e. The average molecular weight is 345 g/mol. The van der Waals surface area contributed by atoms with Gasteiger partial charge < -0.3 is 5.32 Å². The van der Waals surface area contributed by atoms with Gasteiger partial charge in [0.25, 0.3) is 5.91 Å². The first kappa shape index (κ1) is 17.8. The predicted molar refractivity (Wildman–Crippen MR) is 90.5 cm³/mol. The standard InChI is InChI=1S/C15H15N5O5/c1-2-9-5-3-4-6-11(9)17-14-12(19(22)23)7-10(15(21)18-16)8-13(14)20(24)25/h3-8,17H,2,16H2,1H3,(H,18,21). The maximum absolute atomic E-state index is 11.6. The number of nitrogen functional groups attached to an aromatic ring is 1. The topological polar surface area (TPSA) is 153 Å². The molecule has 0 radical (unpaired) electrons. The van der Waals surface area contributed by atoms with E-state index in [1.54, 1.807) is 29.7 Å². The lowest BCUT2D eigenvalue weighted by Gasteiger charge is -2.12. The van der Waals surface area contributed by atoms with Gasteiger partial charge in [-0.25, -0.2) is 5.84 Å². The molecule has 0 aromatic heterocycles. The molecule has 0 unspecified atom stereocenters. The van der Waals surface area contributed by atoms with Crippen LogP contribution in [0.2, 0.25) is 0 Å². The van der Waals surface area contributed by atoms with Gasteiger partial charge in [-0.1, -0.05) is 25.1 Å².